The Morgan fingerprint density at radius 2 is 1.10 bits per heavy atom. The minimum atomic E-state index is -0.240. The molecular weight excluding hydrogens is 484 g/mol. The van der Waals surface area contributed by atoms with Gasteiger partial charge in [0.15, 0.2) is 5.76 Å². The number of rotatable bonds is 7. The Morgan fingerprint density at radius 3 is 1.51 bits per heavy atom. The van der Waals surface area contributed by atoms with Crippen LogP contribution >= 0.6 is 0 Å². The summed E-state index contributed by atoms with van der Waals surface area (Å²) in [6.45, 7) is 22.1. The Balaban J connectivity index is 1.32. The minimum Gasteiger partial charge on any atom is -0.393 e. The molecule has 1 unspecified atom stereocenters. The zero-order valence-corrected chi connectivity index (χ0v) is 25.4. The van der Waals surface area contributed by atoms with Gasteiger partial charge < -0.3 is 4.84 Å². The molecule has 0 bridgehead atoms. The van der Waals surface area contributed by atoms with Gasteiger partial charge in [-0.05, 0) is 110 Å². The van der Waals surface area contributed by atoms with E-state index in [9.17, 15) is 0 Å². The summed E-state index contributed by atoms with van der Waals surface area (Å²) in [5, 5.41) is 4.47. The Labute approximate surface area is 234 Å². The lowest BCUT2D eigenvalue weighted by Crippen LogP contribution is -2.54. The molecule has 0 saturated carbocycles. The van der Waals surface area contributed by atoms with Crippen molar-refractivity contribution in [3.05, 3.63) is 93.8 Å². The number of benzene rings is 2. The van der Waals surface area contributed by atoms with Gasteiger partial charge in [0.25, 0.3) is 0 Å². The summed E-state index contributed by atoms with van der Waals surface area (Å²) in [6, 6.07) is 17.3. The van der Waals surface area contributed by atoms with E-state index < -0.39 is 0 Å². The summed E-state index contributed by atoms with van der Waals surface area (Å²) in [5.41, 5.74) is 13.3. The van der Waals surface area contributed by atoms with Crippen molar-refractivity contribution in [1.82, 2.24) is 21.2 Å². The van der Waals surface area contributed by atoms with Gasteiger partial charge in [-0.3, -0.25) is 4.84 Å². The molecule has 39 heavy (non-hydrogen) atoms. The highest BCUT2D eigenvalue weighted by Crippen LogP contribution is 2.49. The highest BCUT2D eigenvalue weighted by Gasteiger charge is 2.51. The number of hydrazine groups is 2. The van der Waals surface area contributed by atoms with Crippen LogP contribution in [0, 0.1) is 0 Å². The van der Waals surface area contributed by atoms with E-state index in [1.165, 1.54) is 22.3 Å². The maximum Gasteiger partial charge on any atom is 0.153 e. The Bertz CT molecular complexity index is 1250. The van der Waals surface area contributed by atoms with Crippen LogP contribution in [0.5, 0.6) is 0 Å². The van der Waals surface area contributed by atoms with Crippen LogP contribution in [0.1, 0.15) is 104 Å². The van der Waals surface area contributed by atoms with Crippen LogP contribution in [-0.4, -0.2) is 16.1 Å². The van der Waals surface area contributed by atoms with Crippen molar-refractivity contribution in [2.75, 3.05) is 0 Å². The molecule has 2 heterocycles. The largest absolute Gasteiger partial charge is 0.393 e. The van der Waals surface area contributed by atoms with Gasteiger partial charge in [0.1, 0.15) is 6.10 Å². The normalized spacial score (nSPS) is 24.3. The van der Waals surface area contributed by atoms with E-state index in [1.54, 1.807) is 0 Å². The van der Waals surface area contributed by atoms with E-state index >= 15 is 0 Å². The first-order chi connectivity index (χ1) is 18.2. The number of allylic oxidation sites excluding steroid dienone is 2. The van der Waals surface area contributed by atoms with E-state index in [1.807, 2.05) is 0 Å². The molecule has 0 spiro atoms. The summed E-state index contributed by atoms with van der Waals surface area (Å²) < 4.78 is 0. The van der Waals surface area contributed by atoms with Crippen molar-refractivity contribution in [3.8, 4) is 0 Å². The summed E-state index contributed by atoms with van der Waals surface area (Å²) in [6.07, 6.45) is 3.97. The predicted molar refractivity (Wildman–Crippen MR) is 157 cm³/mol. The molecule has 6 nitrogen and oxygen atoms in total. The summed E-state index contributed by atoms with van der Waals surface area (Å²) in [7, 11) is 0. The first kappa shape index (κ1) is 28.1. The monoisotopic (exact) mass is 530 g/mol. The minimum absolute atomic E-state index is 0.121. The van der Waals surface area contributed by atoms with Crippen molar-refractivity contribution in [2.24, 2.45) is 0 Å². The molecular formula is C33H46N4O2. The van der Waals surface area contributed by atoms with Gasteiger partial charge >= 0.3 is 0 Å². The number of hydrogen-bond acceptors (Lipinski definition) is 6. The molecule has 5 rings (SSSR count). The molecule has 0 saturated heterocycles. The van der Waals surface area contributed by atoms with E-state index in [4.69, 9.17) is 9.68 Å². The van der Waals surface area contributed by atoms with Crippen molar-refractivity contribution in [1.29, 1.82) is 0 Å². The highest BCUT2D eigenvalue weighted by molar-refractivity contribution is 5.44. The number of hydrogen-bond donors (Lipinski definition) is 2. The van der Waals surface area contributed by atoms with Gasteiger partial charge in [0.2, 0.25) is 0 Å². The van der Waals surface area contributed by atoms with Crippen molar-refractivity contribution in [3.63, 3.8) is 0 Å². The maximum atomic E-state index is 6.49. The van der Waals surface area contributed by atoms with Crippen molar-refractivity contribution in [2.45, 2.75) is 110 Å². The van der Waals surface area contributed by atoms with Crippen molar-refractivity contribution >= 4 is 0 Å². The predicted octanol–water partition coefficient (Wildman–Crippen LogP) is 7.21. The van der Waals surface area contributed by atoms with Gasteiger partial charge in [0.05, 0.1) is 22.2 Å². The Hall–Kier alpha value is -2.48. The van der Waals surface area contributed by atoms with Crippen LogP contribution in [0.3, 0.4) is 0 Å². The molecule has 3 aliphatic rings. The Kier molecular flexibility index (Phi) is 6.88. The highest BCUT2D eigenvalue weighted by atomic mass is 16.7. The number of fused-ring (bicyclic) bond motifs is 2. The summed E-state index contributed by atoms with van der Waals surface area (Å²) in [5.74, 6) is 0.838. The fourth-order valence-corrected chi connectivity index (χ4v) is 7.13. The summed E-state index contributed by atoms with van der Waals surface area (Å²) in [4.78, 5) is 13.0. The average Bonchev–Trinajstić information content (AvgIpc) is 3.43. The first-order valence-corrected chi connectivity index (χ1v) is 14.2. The topological polar surface area (TPSA) is 49.0 Å². The molecule has 2 aromatic carbocycles. The van der Waals surface area contributed by atoms with Crippen molar-refractivity contribution < 1.29 is 9.68 Å². The molecule has 6 heteroatoms. The van der Waals surface area contributed by atoms with Gasteiger partial charge in [-0.15, -0.1) is 5.59 Å². The molecule has 2 aliphatic heterocycles. The zero-order valence-electron chi connectivity index (χ0n) is 25.4. The summed E-state index contributed by atoms with van der Waals surface area (Å²) >= 11 is 0. The van der Waals surface area contributed by atoms with Gasteiger partial charge in [-0.1, -0.05) is 60.2 Å². The second-order valence-electron chi connectivity index (χ2n) is 13.5. The lowest BCUT2D eigenvalue weighted by Gasteiger charge is -2.41. The molecule has 0 aromatic heterocycles. The lowest BCUT2D eigenvalue weighted by molar-refractivity contribution is -0.182. The molecule has 0 amide bonds. The van der Waals surface area contributed by atoms with Gasteiger partial charge in [-0.25, -0.2) is 5.01 Å². The van der Waals surface area contributed by atoms with E-state index in [-0.39, 0.29) is 28.3 Å². The van der Waals surface area contributed by atoms with E-state index in [2.05, 4.69) is 145 Å². The third-order valence-corrected chi connectivity index (χ3v) is 9.11. The smallest absolute Gasteiger partial charge is 0.153 e. The first-order valence-electron chi connectivity index (χ1n) is 14.2. The van der Waals surface area contributed by atoms with Crippen LogP contribution in [0.15, 0.2) is 71.5 Å². The standard InChI is InChI=1S/C33H46N4O2/c1-22(2)29(39-35-37-32(7,8)26-19-13-14-20-27(26)33(37,9)10)23-16-15-21-28(23)38-34-36-30(3,4)24-17-11-12-18-25(24)31(36,5)6/h11-14,16-20,28,34-35H,15,21H2,1-10H3. The van der Waals surface area contributed by atoms with Crippen LogP contribution in [0.25, 0.3) is 0 Å². The fourth-order valence-electron chi connectivity index (χ4n) is 7.13. The molecule has 2 N–H and O–H groups in total. The average molecular weight is 531 g/mol. The quantitative estimate of drug-likeness (QED) is 0.291. The fraction of sp³-hybridized carbons (Fsp3) is 0.515. The molecule has 2 aromatic rings. The molecule has 1 aliphatic carbocycles. The van der Waals surface area contributed by atoms with Crippen LogP contribution < -0.4 is 11.2 Å². The molecule has 1 atom stereocenters. The third-order valence-electron chi connectivity index (χ3n) is 9.11. The molecule has 210 valence electrons. The van der Waals surface area contributed by atoms with E-state index in [0.717, 1.165) is 29.7 Å². The van der Waals surface area contributed by atoms with Crippen LogP contribution in [0.2, 0.25) is 0 Å². The van der Waals surface area contributed by atoms with Gasteiger partial charge in [-0.2, -0.15) is 5.01 Å². The maximum absolute atomic E-state index is 6.49. The molecule has 0 fully saturated rings. The SMILES string of the molecule is CC(C)=C(ONN1C(C)(C)c2ccccc2C1(C)C)C1=CCCC1ONN1C(C)(C)c2ccccc2C1(C)C. The van der Waals surface area contributed by atoms with E-state index in [0.29, 0.717) is 0 Å². The zero-order chi connectivity index (χ0) is 28.4. The van der Waals surface area contributed by atoms with Crippen LogP contribution in [-0.2, 0) is 31.8 Å². The molecule has 0 radical (unpaired) electrons. The second kappa shape index (κ2) is 9.57. The third kappa shape index (κ3) is 4.37. The second-order valence-corrected chi connectivity index (χ2v) is 13.5. The van der Waals surface area contributed by atoms with Crippen LogP contribution in [0.4, 0.5) is 0 Å². The number of nitrogens with zero attached hydrogens (tertiary/aromatic N) is 2. The number of nitrogens with one attached hydrogen (secondary N) is 2. The van der Waals surface area contributed by atoms with Gasteiger partial charge in [0, 0.05) is 5.57 Å². The lowest BCUT2D eigenvalue weighted by atomic mass is 9.91. The Morgan fingerprint density at radius 1 is 0.692 bits per heavy atom.